The predicted molar refractivity (Wildman–Crippen MR) is 207 cm³/mol. The van der Waals surface area contributed by atoms with Crippen LogP contribution in [0.2, 0.25) is 0 Å². The van der Waals surface area contributed by atoms with Gasteiger partial charge in [-0.3, -0.25) is 34.6 Å². The Kier molecular flexibility index (Phi) is 9.26. The molecule has 1 heterocycles. The Morgan fingerprint density at radius 1 is 0.472 bits per heavy atom. The van der Waals surface area contributed by atoms with Gasteiger partial charge in [0, 0.05) is 89.7 Å². The van der Waals surface area contributed by atoms with Gasteiger partial charge in [0.1, 0.15) is 0 Å². The molecule has 7 rings (SSSR count). The highest BCUT2D eigenvalue weighted by Gasteiger charge is 2.12. The van der Waals surface area contributed by atoms with Crippen LogP contribution < -0.4 is 26.7 Å². The number of anilines is 6. The second-order valence-electron chi connectivity index (χ2n) is 11.8. The first kappa shape index (κ1) is 34.0. The molecule has 2 amide bonds. The van der Waals surface area contributed by atoms with E-state index in [0.717, 1.165) is 9.40 Å². The van der Waals surface area contributed by atoms with Crippen molar-refractivity contribution in [3.8, 4) is 0 Å². The lowest BCUT2D eigenvalue weighted by atomic mass is 10.1. The maximum atomic E-state index is 13.7. The lowest BCUT2D eigenvalue weighted by Crippen LogP contribution is -2.11. The fourth-order valence-corrected chi connectivity index (χ4v) is 6.53. The van der Waals surface area contributed by atoms with E-state index in [1.807, 2.05) is 24.3 Å². The number of non-ortho nitro benzene ring substituents is 2. The summed E-state index contributed by atoms with van der Waals surface area (Å²) < 4.78 is 1.66. The standard InChI is InChI=1S/C39H26N6O7S/c46-37-33-21-29(40-25-5-1-23(2-6-25)38(47)42-27-9-15-31(16-10-27)44(49)50)13-19-35(33)53-36-20-14-30(22-34(36)37)41-26-7-3-24(4-8-26)39(48)43-28-11-17-32(18-12-28)45(51)52/h1-22,40-41H,(H,42,47)(H,43,48). The molecule has 0 atom stereocenters. The van der Waals surface area contributed by atoms with Gasteiger partial charge in [0.05, 0.1) is 9.85 Å². The van der Waals surface area contributed by atoms with Gasteiger partial charge in [-0.2, -0.15) is 0 Å². The van der Waals surface area contributed by atoms with E-state index in [1.54, 1.807) is 60.7 Å². The Bertz CT molecular complexity index is 2430. The van der Waals surface area contributed by atoms with Crippen molar-refractivity contribution in [3.05, 3.63) is 175 Å². The van der Waals surface area contributed by atoms with E-state index in [1.165, 1.54) is 59.9 Å². The first-order valence-electron chi connectivity index (χ1n) is 16.0. The number of hydrogen-bond donors (Lipinski definition) is 4. The van der Waals surface area contributed by atoms with Crippen LogP contribution in [0, 0.1) is 20.2 Å². The number of amides is 2. The van der Waals surface area contributed by atoms with Gasteiger partial charge in [0.25, 0.3) is 23.2 Å². The van der Waals surface area contributed by atoms with E-state index in [2.05, 4.69) is 21.3 Å². The van der Waals surface area contributed by atoms with E-state index < -0.39 is 9.85 Å². The molecule has 14 heteroatoms. The number of carbonyl (C=O) groups is 2. The van der Waals surface area contributed by atoms with Crippen molar-refractivity contribution in [2.45, 2.75) is 0 Å². The van der Waals surface area contributed by atoms with Gasteiger partial charge in [-0.15, -0.1) is 11.3 Å². The minimum atomic E-state index is -0.508. The van der Waals surface area contributed by atoms with Gasteiger partial charge in [-0.05, 0) is 109 Å². The van der Waals surface area contributed by atoms with Gasteiger partial charge < -0.3 is 21.3 Å². The molecule has 0 spiro atoms. The zero-order valence-electron chi connectivity index (χ0n) is 27.4. The van der Waals surface area contributed by atoms with Crippen LogP contribution >= 0.6 is 11.3 Å². The van der Waals surface area contributed by atoms with Crippen molar-refractivity contribution >= 4 is 88.8 Å². The van der Waals surface area contributed by atoms with Crippen molar-refractivity contribution in [2.75, 3.05) is 21.3 Å². The topological polar surface area (TPSA) is 186 Å². The maximum Gasteiger partial charge on any atom is 0.269 e. The molecule has 0 saturated carbocycles. The summed E-state index contributed by atoms with van der Waals surface area (Å²) >= 11 is 1.50. The van der Waals surface area contributed by atoms with Crippen LogP contribution in [0.15, 0.2) is 138 Å². The van der Waals surface area contributed by atoms with Gasteiger partial charge in [0.15, 0.2) is 5.43 Å². The monoisotopic (exact) mass is 722 g/mol. The summed E-state index contributed by atoms with van der Waals surface area (Å²) in [7, 11) is 0. The highest BCUT2D eigenvalue weighted by atomic mass is 32.1. The molecule has 53 heavy (non-hydrogen) atoms. The average molecular weight is 723 g/mol. The Hall–Kier alpha value is -7.45. The van der Waals surface area contributed by atoms with E-state index in [-0.39, 0.29) is 28.6 Å². The maximum absolute atomic E-state index is 13.7. The molecule has 0 saturated heterocycles. The summed E-state index contributed by atoms with van der Waals surface area (Å²) in [4.78, 5) is 59.9. The summed E-state index contributed by atoms with van der Waals surface area (Å²) in [6, 6.07) is 35.8. The summed E-state index contributed by atoms with van der Waals surface area (Å²) in [5.74, 6) is -0.730. The molecule has 0 fully saturated rings. The Labute approximate surface area is 303 Å². The molecular weight excluding hydrogens is 697 g/mol. The first-order valence-corrected chi connectivity index (χ1v) is 16.8. The SMILES string of the molecule is O=C(Nc1ccc([N+](=O)[O-])cc1)c1ccc(Nc2ccc3sc4ccc(Nc5ccc(C(=O)Nc6ccc([N+](=O)[O-])cc6)cc5)cc4c(=O)c3c2)cc1. The van der Waals surface area contributed by atoms with E-state index in [0.29, 0.717) is 56.0 Å². The highest BCUT2D eigenvalue weighted by molar-refractivity contribution is 7.24. The number of carbonyl (C=O) groups excluding carboxylic acids is 2. The molecule has 0 unspecified atom stereocenters. The van der Waals surface area contributed by atoms with Gasteiger partial charge >= 0.3 is 0 Å². The normalized spacial score (nSPS) is 10.8. The molecular formula is C39H26N6O7S. The van der Waals surface area contributed by atoms with Crippen LogP contribution in [0.25, 0.3) is 20.2 Å². The number of nitro benzene ring substituents is 2. The van der Waals surface area contributed by atoms with Crippen LogP contribution in [-0.4, -0.2) is 21.7 Å². The van der Waals surface area contributed by atoms with Crippen molar-refractivity contribution in [3.63, 3.8) is 0 Å². The molecule has 0 aliphatic rings. The number of fused-ring (bicyclic) bond motifs is 2. The summed E-state index contributed by atoms with van der Waals surface area (Å²) in [5, 5.41) is 34.8. The highest BCUT2D eigenvalue weighted by Crippen LogP contribution is 2.30. The minimum absolute atomic E-state index is 0.0688. The van der Waals surface area contributed by atoms with E-state index >= 15 is 0 Å². The van der Waals surface area contributed by atoms with Gasteiger partial charge in [-0.1, -0.05) is 0 Å². The molecule has 0 bridgehead atoms. The van der Waals surface area contributed by atoms with Crippen molar-refractivity contribution in [2.24, 2.45) is 0 Å². The Morgan fingerprint density at radius 3 is 1.17 bits per heavy atom. The van der Waals surface area contributed by atoms with Crippen molar-refractivity contribution in [1.82, 2.24) is 0 Å². The van der Waals surface area contributed by atoms with E-state index in [9.17, 15) is 34.6 Å². The summed E-state index contributed by atoms with van der Waals surface area (Å²) in [5.41, 5.74) is 4.18. The zero-order valence-corrected chi connectivity index (χ0v) is 28.2. The van der Waals surface area contributed by atoms with Crippen molar-refractivity contribution in [1.29, 1.82) is 0 Å². The number of nitrogens with one attached hydrogen (secondary N) is 4. The van der Waals surface area contributed by atoms with Crippen LogP contribution in [0.4, 0.5) is 45.5 Å². The smallest absolute Gasteiger partial charge is 0.269 e. The average Bonchev–Trinajstić information content (AvgIpc) is 3.16. The molecule has 6 aromatic carbocycles. The number of rotatable bonds is 10. The molecule has 7 aromatic rings. The van der Waals surface area contributed by atoms with Gasteiger partial charge in [0.2, 0.25) is 0 Å². The summed E-state index contributed by atoms with van der Waals surface area (Å²) in [6.45, 7) is 0. The Balaban J connectivity index is 1.02. The quantitative estimate of drug-likeness (QED) is 0.0607. The zero-order chi connectivity index (χ0) is 37.1. The second kappa shape index (κ2) is 14.4. The lowest BCUT2D eigenvalue weighted by molar-refractivity contribution is -0.385. The van der Waals surface area contributed by atoms with Crippen LogP contribution in [-0.2, 0) is 0 Å². The Morgan fingerprint density at radius 2 is 0.811 bits per heavy atom. The van der Waals surface area contributed by atoms with Crippen molar-refractivity contribution < 1.29 is 19.4 Å². The molecule has 0 aliphatic carbocycles. The molecule has 1 aromatic heterocycles. The molecule has 260 valence electrons. The van der Waals surface area contributed by atoms with Crippen LogP contribution in [0.5, 0.6) is 0 Å². The van der Waals surface area contributed by atoms with Gasteiger partial charge in [-0.25, -0.2) is 0 Å². The fraction of sp³-hybridized carbons (Fsp3) is 0. The third kappa shape index (κ3) is 7.67. The third-order valence-electron chi connectivity index (χ3n) is 8.21. The largest absolute Gasteiger partial charge is 0.356 e. The first-order chi connectivity index (χ1) is 25.6. The number of hydrogen-bond acceptors (Lipinski definition) is 10. The minimum Gasteiger partial charge on any atom is -0.356 e. The number of nitrogens with zero attached hydrogens (tertiary/aromatic N) is 2. The molecule has 13 nitrogen and oxygen atoms in total. The number of benzene rings is 6. The molecule has 0 radical (unpaired) electrons. The van der Waals surface area contributed by atoms with Crippen LogP contribution in [0.1, 0.15) is 20.7 Å². The number of nitro groups is 2. The molecule has 0 aliphatic heterocycles. The lowest BCUT2D eigenvalue weighted by Gasteiger charge is -2.11. The van der Waals surface area contributed by atoms with E-state index in [4.69, 9.17) is 0 Å². The fourth-order valence-electron chi connectivity index (χ4n) is 5.49. The van der Waals surface area contributed by atoms with Crippen LogP contribution in [0.3, 0.4) is 0 Å². The predicted octanol–water partition coefficient (Wildman–Crippen LogP) is 9.22. The summed E-state index contributed by atoms with van der Waals surface area (Å²) in [6.07, 6.45) is 0. The molecule has 4 N–H and O–H groups in total. The third-order valence-corrected chi connectivity index (χ3v) is 9.36. The second-order valence-corrected chi connectivity index (χ2v) is 12.9.